The first kappa shape index (κ1) is 31.9. The average molecular weight is 673 g/mol. The third kappa shape index (κ3) is 5.73. The van der Waals surface area contributed by atoms with Crippen molar-refractivity contribution in [2.45, 2.75) is 25.8 Å². The number of likely N-dealkylation sites (tertiary alicyclic amines) is 1. The number of nitrogens with zero attached hydrogens (tertiary/aromatic N) is 8. The predicted molar refractivity (Wildman–Crippen MR) is 189 cm³/mol. The van der Waals surface area contributed by atoms with Gasteiger partial charge in [0, 0.05) is 49.9 Å². The molecule has 1 spiro atoms. The van der Waals surface area contributed by atoms with Gasteiger partial charge in [-0.2, -0.15) is 5.10 Å². The van der Waals surface area contributed by atoms with Gasteiger partial charge in [-0.1, -0.05) is 36.4 Å². The maximum atomic E-state index is 14.0. The van der Waals surface area contributed by atoms with E-state index in [0.717, 1.165) is 59.5 Å². The Hall–Kier alpha value is -5.36. The molecule has 2 saturated heterocycles. The third-order valence-corrected chi connectivity index (χ3v) is 10.5. The van der Waals surface area contributed by atoms with Crippen molar-refractivity contribution in [3.8, 4) is 22.9 Å². The Morgan fingerprint density at radius 3 is 2.44 bits per heavy atom. The molecule has 1 atom stereocenters. The normalized spacial score (nSPS) is 20.3. The maximum Gasteiger partial charge on any atom is 0.237 e. The monoisotopic (exact) mass is 672 g/mol. The van der Waals surface area contributed by atoms with Crippen LogP contribution >= 0.6 is 0 Å². The lowest BCUT2D eigenvalue weighted by molar-refractivity contribution is -0.132. The lowest BCUT2D eigenvalue weighted by Gasteiger charge is -2.29. The van der Waals surface area contributed by atoms with E-state index in [1.165, 1.54) is 5.57 Å². The Bertz CT molecular complexity index is 2040. The van der Waals surface area contributed by atoms with E-state index in [2.05, 4.69) is 33.2 Å². The van der Waals surface area contributed by atoms with Crippen LogP contribution in [0.5, 0.6) is 11.5 Å². The molecule has 2 fully saturated rings. The van der Waals surface area contributed by atoms with E-state index in [-0.39, 0.29) is 11.8 Å². The number of carbonyl (C=O) groups is 2. The summed E-state index contributed by atoms with van der Waals surface area (Å²) in [7, 11) is 5.08. The molecule has 0 N–H and O–H groups in total. The van der Waals surface area contributed by atoms with Gasteiger partial charge in [-0.3, -0.25) is 29.1 Å². The summed E-state index contributed by atoms with van der Waals surface area (Å²) in [5.41, 5.74) is 6.38. The lowest BCUT2D eigenvalue weighted by Crippen LogP contribution is -2.43. The number of carbonyl (C=O) groups excluding carboxylic acids is 2. The number of ether oxygens (including phenoxy) is 2. The minimum Gasteiger partial charge on any atom is -0.493 e. The fourth-order valence-corrected chi connectivity index (χ4v) is 7.68. The molecule has 0 saturated carbocycles. The van der Waals surface area contributed by atoms with Crippen LogP contribution in [0.25, 0.3) is 17.0 Å². The van der Waals surface area contributed by atoms with Crippen molar-refractivity contribution in [1.29, 1.82) is 0 Å². The molecule has 0 aliphatic carbocycles. The summed E-state index contributed by atoms with van der Waals surface area (Å²) >= 11 is 0. The van der Waals surface area contributed by atoms with Crippen LogP contribution in [0.1, 0.15) is 41.6 Å². The van der Waals surface area contributed by atoms with Crippen molar-refractivity contribution in [1.82, 2.24) is 29.5 Å². The molecule has 2 aromatic carbocycles. The Balaban J connectivity index is 0.889. The van der Waals surface area contributed by atoms with Gasteiger partial charge in [-0.15, -0.1) is 0 Å². The molecule has 4 aliphatic heterocycles. The van der Waals surface area contributed by atoms with E-state index in [4.69, 9.17) is 19.5 Å². The van der Waals surface area contributed by atoms with Crippen molar-refractivity contribution in [2.75, 3.05) is 58.4 Å². The zero-order valence-electron chi connectivity index (χ0n) is 28.6. The maximum absolute atomic E-state index is 14.0. The highest BCUT2D eigenvalue weighted by molar-refractivity contribution is 6.14. The van der Waals surface area contributed by atoms with Crippen molar-refractivity contribution in [3.63, 3.8) is 0 Å². The molecule has 6 heterocycles. The predicted octanol–water partition coefficient (Wildman–Crippen LogP) is 3.99. The molecule has 0 bridgehead atoms. The first-order valence-electron chi connectivity index (χ1n) is 17.1. The van der Waals surface area contributed by atoms with Gasteiger partial charge in [-0.05, 0) is 61.2 Å². The first-order valence-corrected chi connectivity index (χ1v) is 17.1. The molecular weight excluding hydrogens is 632 g/mol. The first-order chi connectivity index (χ1) is 24.3. The summed E-state index contributed by atoms with van der Waals surface area (Å²) in [5, 5.41) is 4.38. The van der Waals surface area contributed by atoms with Gasteiger partial charge >= 0.3 is 0 Å². The third-order valence-electron chi connectivity index (χ3n) is 10.5. The van der Waals surface area contributed by atoms with Gasteiger partial charge < -0.3 is 14.4 Å². The highest BCUT2D eigenvalue weighted by atomic mass is 16.5. The molecule has 256 valence electrons. The number of amides is 2. The largest absolute Gasteiger partial charge is 0.493 e. The topological polar surface area (TPSA) is 118 Å². The van der Waals surface area contributed by atoms with Crippen LogP contribution in [0, 0.1) is 5.41 Å². The second-order valence-corrected chi connectivity index (χ2v) is 13.5. The van der Waals surface area contributed by atoms with Gasteiger partial charge in [-0.25, -0.2) is 9.97 Å². The standard InChI is InChI=1S/C38H40N8O4/c1-43-24-40-36(42-43)27-6-4-25(5-7-27)26-12-16-45(17-13-26)33(47)22-44-18-14-38(23-44)15-19-46(37(38)48)32-11-9-29-21-39-34(35(29)41-32)28-8-10-30(49-2)31(20-28)50-3/h4-12,20,24H,13-19,21-23H2,1-3H3/t38-/m0/s1. The molecule has 12 heteroatoms. The molecule has 12 nitrogen and oxygen atoms in total. The van der Waals surface area contributed by atoms with E-state index in [9.17, 15) is 9.59 Å². The fourth-order valence-electron chi connectivity index (χ4n) is 7.68. The quantitative estimate of drug-likeness (QED) is 0.276. The van der Waals surface area contributed by atoms with Crippen LogP contribution in [0.15, 0.2) is 72.0 Å². The van der Waals surface area contributed by atoms with Crippen molar-refractivity contribution in [3.05, 3.63) is 89.4 Å². The number of anilines is 1. The Morgan fingerprint density at radius 2 is 1.70 bits per heavy atom. The zero-order chi connectivity index (χ0) is 34.4. The van der Waals surface area contributed by atoms with Crippen LogP contribution in [0.4, 0.5) is 5.82 Å². The number of aromatic nitrogens is 4. The Kier molecular flexibility index (Phi) is 8.18. The minimum atomic E-state index is -0.493. The minimum absolute atomic E-state index is 0.0953. The smallest absolute Gasteiger partial charge is 0.237 e. The lowest BCUT2D eigenvalue weighted by atomic mass is 9.85. The Morgan fingerprint density at radius 1 is 0.920 bits per heavy atom. The van der Waals surface area contributed by atoms with Crippen LogP contribution < -0.4 is 14.4 Å². The van der Waals surface area contributed by atoms with E-state index in [1.807, 2.05) is 59.3 Å². The molecule has 8 rings (SSSR count). The Labute approximate surface area is 291 Å². The molecule has 0 radical (unpaired) electrons. The molecule has 4 aromatic rings. The number of aliphatic imine (C=N–C) groups is 1. The fraction of sp³-hybridized carbons (Fsp3) is 0.368. The molecule has 50 heavy (non-hydrogen) atoms. The number of fused-ring (bicyclic) bond motifs is 1. The number of hydrogen-bond donors (Lipinski definition) is 0. The van der Waals surface area contributed by atoms with Crippen molar-refractivity contribution in [2.24, 2.45) is 17.5 Å². The van der Waals surface area contributed by atoms with E-state index >= 15 is 0 Å². The van der Waals surface area contributed by atoms with Crippen LogP contribution in [-0.2, 0) is 23.2 Å². The summed E-state index contributed by atoms with van der Waals surface area (Å²) in [6, 6.07) is 18.0. The molecule has 4 aliphatic rings. The van der Waals surface area contributed by atoms with Crippen LogP contribution in [0.2, 0.25) is 0 Å². The average Bonchev–Trinajstić information content (AvgIpc) is 3.95. The molecule has 2 aromatic heterocycles. The number of pyridine rings is 1. The highest BCUT2D eigenvalue weighted by Crippen LogP contribution is 2.42. The molecule has 2 amide bonds. The number of aryl methyl sites for hydroxylation is 1. The summed E-state index contributed by atoms with van der Waals surface area (Å²) < 4.78 is 12.6. The number of rotatable bonds is 8. The van der Waals surface area contributed by atoms with Gasteiger partial charge in [0.25, 0.3) is 0 Å². The van der Waals surface area contributed by atoms with E-state index in [0.29, 0.717) is 62.4 Å². The number of methoxy groups -OCH3 is 2. The molecule has 0 unspecified atom stereocenters. The summed E-state index contributed by atoms with van der Waals surface area (Å²) in [5.74, 6) is 2.84. The van der Waals surface area contributed by atoms with Gasteiger partial charge in [0.05, 0.1) is 44.1 Å². The summed E-state index contributed by atoms with van der Waals surface area (Å²) in [6.45, 7) is 4.05. The van der Waals surface area contributed by atoms with Gasteiger partial charge in [0.15, 0.2) is 17.3 Å². The summed E-state index contributed by atoms with van der Waals surface area (Å²) in [6.07, 6.45) is 6.14. The second kappa shape index (κ2) is 12.8. The summed E-state index contributed by atoms with van der Waals surface area (Å²) in [4.78, 5) is 47.4. The number of hydrogen-bond acceptors (Lipinski definition) is 9. The van der Waals surface area contributed by atoms with Gasteiger partial charge in [0.2, 0.25) is 11.8 Å². The van der Waals surface area contributed by atoms with Crippen molar-refractivity contribution >= 4 is 28.9 Å². The van der Waals surface area contributed by atoms with Crippen molar-refractivity contribution < 1.29 is 19.1 Å². The van der Waals surface area contributed by atoms with E-state index < -0.39 is 5.41 Å². The van der Waals surface area contributed by atoms with Crippen LogP contribution in [0.3, 0.4) is 0 Å². The van der Waals surface area contributed by atoms with E-state index in [1.54, 1.807) is 25.2 Å². The second-order valence-electron chi connectivity index (χ2n) is 13.5. The highest BCUT2D eigenvalue weighted by Gasteiger charge is 2.51. The molecular formula is C38H40N8O4. The van der Waals surface area contributed by atoms with Gasteiger partial charge in [0.1, 0.15) is 12.1 Å². The SMILES string of the molecule is COc1ccc(C2=NCc3ccc(N4CC[C@]5(CCN(CC(=O)N6CC=C(c7ccc(-c8ncn(C)n8)cc7)CC6)C5)C4=O)nc32)cc1OC. The number of benzene rings is 2. The zero-order valence-corrected chi connectivity index (χ0v) is 28.6. The van der Waals surface area contributed by atoms with Crippen LogP contribution in [-0.4, -0.2) is 101 Å².